The summed E-state index contributed by atoms with van der Waals surface area (Å²) in [5.74, 6) is -0.770. The van der Waals surface area contributed by atoms with E-state index in [1.165, 1.54) is 353 Å². The number of hydrogen-bond donors (Lipinski definition) is 1. The molecule has 1 N–H and O–H groups in total. The summed E-state index contributed by atoms with van der Waals surface area (Å²) in [5, 5.41) is 0. The summed E-state index contributed by atoms with van der Waals surface area (Å²) in [7, 11) is 1.50. The molecular weight excluding hydrogens is 1130 g/mol. The third-order valence-corrected chi connectivity index (χ3v) is 19.5. The van der Waals surface area contributed by atoms with Gasteiger partial charge in [0, 0.05) is 12.8 Å². The molecule has 0 aromatic heterocycles. The Bertz CT molecular complexity index is 1560. The monoisotopic (exact) mass is 1290 g/mol. The van der Waals surface area contributed by atoms with E-state index in [9.17, 15) is 19.0 Å². The molecular formula is C80H157NO8P+. The zero-order chi connectivity index (χ0) is 65.5. The summed E-state index contributed by atoms with van der Waals surface area (Å²) in [5.41, 5.74) is 0. The molecule has 0 saturated heterocycles. The third-order valence-electron chi connectivity index (χ3n) is 18.5. The van der Waals surface area contributed by atoms with Gasteiger partial charge in [0.05, 0.1) is 27.7 Å². The highest BCUT2D eigenvalue weighted by Crippen LogP contribution is 2.43. The number of phosphoric ester groups is 1. The number of phosphoric acid groups is 1. The van der Waals surface area contributed by atoms with Crippen molar-refractivity contribution in [1.29, 1.82) is 0 Å². The molecule has 0 aliphatic heterocycles. The number of nitrogens with zero attached hydrogens (tertiary/aromatic N) is 1. The quantitative estimate of drug-likeness (QED) is 0.0211. The summed E-state index contributed by atoms with van der Waals surface area (Å²) in [6.45, 7) is 4.51. The summed E-state index contributed by atoms with van der Waals surface area (Å²) in [4.78, 5) is 36.0. The summed E-state index contributed by atoms with van der Waals surface area (Å²) in [6.07, 6.45) is 91.9. The molecule has 0 bridgehead atoms. The van der Waals surface area contributed by atoms with Crippen molar-refractivity contribution in [1.82, 2.24) is 0 Å². The Labute approximate surface area is 561 Å². The fourth-order valence-corrected chi connectivity index (χ4v) is 13.1. The average Bonchev–Trinajstić information content (AvgIpc) is 3.58. The van der Waals surface area contributed by atoms with Gasteiger partial charge in [-0.25, -0.2) is 4.57 Å². The van der Waals surface area contributed by atoms with E-state index in [2.05, 4.69) is 38.2 Å². The molecule has 2 atom stereocenters. The van der Waals surface area contributed by atoms with Crippen LogP contribution in [0.4, 0.5) is 0 Å². The number of likely N-dealkylation sites (N-methyl/N-ethyl adjacent to an activating group) is 1. The van der Waals surface area contributed by atoms with Crippen LogP contribution < -0.4 is 0 Å². The number of carbonyl (C=O) groups excluding carboxylic acids is 2. The molecule has 2 unspecified atom stereocenters. The molecule has 10 heteroatoms. The Hall–Kier alpha value is -1.51. The smallest absolute Gasteiger partial charge is 0.462 e. The van der Waals surface area contributed by atoms with Crippen LogP contribution in [0.2, 0.25) is 0 Å². The zero-order valence-electron chi connectivity index (χ0n) is 61.2. The standard InChI is InChI=1S/C80H156NO8P/c1-6-8-10-12-14-16-18-20-22-24-26-28-30-32-34-36-37-38-39-40-41-42-43-45-46-48-50-52-54-56-58-60-62-64-66-68-70-72-79(82)86-76-78(77-88-90(84,85)87-75-74-81(3,4)5)89-80(83)73-71-69-67-65-63-61-59-57-55-53-51-49-47-44-35-33-31-29-27-25-23-21-19-17-15-13-11-9-7-2/h19,21,25,27,78H,6-18,20,22-24,26,28-77H2,1-5H3/p+1/b21-19-,27-25-. The van der Waals surface area contributed by atoms with Crippen molar-refractivity contribution in [2.75, 3.05) is 47.5 Å². The van der Waals surface area contributed by atoms with Crippen molar-refractivity contribution < 1.29 is 42.1 Å². The molecule has 534 valence electrons. The Morgan fingerprint density at radius 1 is 0.344 bits per heavy atom. The molecule has 0 aromatic rings. The van der Waals surface area contributed by atoms with Crippen LogP contribution in [0.5, 0.6) is 0 Å². The maximum Gasteiger partial charge on any atom is 0.472 e. The van der Waals surface area contributed by atoms with Crippen LogP contribution >= 0.6 is 7.82 Å². The second kappa shape index (κ2) is 71.8. The van der Waals surface area contributed by atoms with Gasteiger partial charge in [-0.05, 0) is 44.9 Å². The van der Waals surface area contributed by atoms with Gasteiger partial charge in [0.15, 0.2) is 6.10 Å². The van der Waals surface area contributed by atoms with Gasteiger partial charge >= 0.3 is 19.8 Å². The molecule has 0 rings (SSSR count). The lowest BCUT2D eigenvalue weighted by Gasteiger charge is -2.24. The number of carbonyl (C=O) groups is 2. The van der Waals surface area contributed by atoms with Crippen LogP contribution in [0.3, 0.4) is 0 Å². The molecule has 90 heavy (non-hydrogen) atoms. The topological polar surface area (TPSA) is 108 Å². The number of unbranched alkanes of at least 4 members (excludes halogenated alkanes) is 58. The van der Waals surface area contributed by atoms with Crippen molar-refractivity contribution in [3.05, 3.63) is 24.3 Å². The molecule has 9 nitrogen and oxygen atoms in total. The van der Waals surface area contributed by atoms with E-state index in [0.29, 0.717) is 23.9 Å². The van der Waals surface area contributed by atoms with Crippen LogP contribution in [0.25, 0.3) is 0 Å². The molecule has 0 amide bonds. The first kappa shape index (κ1) is 88.5. The van der Waals surface area contributed by atoms with Crippen LogP contribution in [0.15, 0.2) is 24.3 Å². The number of hydrogen-bond acceptors (Lipinski definition) is 7. The van der Waals surface area contributed by atoms with Gasteiger partial charge < -0.3 is 18.9 Å². The Morgan fingerprint density at radius 2 is 0.600 bits per heavy atom. The number of quaternary nitrogens is 1. The number of rotatable bonds is 76. The van der Waals surface area contributed by atoms with E-state index in [4.69, 9.17) is 18.5 Å². The highest BCUT2D eigenvalue weighted by atomic mass is 31.2. The molecule has 0 heterocycles. The number of ether oxygens (including phenoxy) is 2. The zero-order valence-corrected chi connectivity index (χ0v) is 62.1. The minimum absolute atomic E-state index is 0.0356. The van der Waals surface area contributed by atoms with Gasteiger partial charge in [-0.3, -0.25) is 18.6 Å². The van der Waals surface area contributed by atoms with Crippen LogP contribution in [-0.4, -0.2) is 74.9 Å². The fourth-order valence-electron chi connectivity index (χ4n) is 12.3. The van der Waals surface area contributed by atoms with Gasteiger partial charge in [-0.2, -0.15) is 0 Å². The second-order valence-corrected chi connectivity index (χ2v) is 30.3. The van der Waals surface area contributed by atoms with Crippen molar-refractivity contribution >= 4 is 19.8 Å². The molecule has 0 aromatic carbocycles. The number of allylic oxidation sites excluding steroid dienone is 4. The summed E-state index contributed by atoms with van der Waals surface area (Å²) in [6, 6.07) is 0. The van der Waals surface area contributed by atoms with Gasteiger partial charge in [0.1, 0.15) is 19.8 Å². The third kappa shape index (κ3) is 75.5. The van der Waals surface area contributed by atoms with E-state index in [1.54, 1.807) is 0 Å². The van der Waals surface area contributed by atoms with Gasteiger partial charge in [-0.15, -0.1) is 0 Å². The fraction of sp³-hybridized carbons (Fsp3) is 0.925. The predicted molar refractivity (Wildman–Crippen MR) is 391 cm³/mol. The first-order valence-electron chi connectivity index (χ1n) is 40.1. The van der Waals surface area contributed by atoms with E-state index in [1.807, 2.05) is 21.1 Å². The molecule has 0 saturated carbocycles. The van der Waals surface area contributed by atoms with Gasteiger partial charge in [0.25, 0.3) is 0 Å². The normalized spacial score (nSPS) is 13.1. The second-order valence-electron chi connectivity index (χ2n) is 28.8. The average molecular weight is 1290 g/mol. The van der Waals surface area contributed by atoms with Crippen molar-refractivity contribution in [3.63, 3.8) is 0 Å². The highest BCUT2D eigenvalue weighted by Gasteiger charge is 2.27. The summed E-state index contributed by atoms with van der Waals surface area (Å²) >= 11 is 0. The minimum Gasteiger partial charge on any atom is -0.462 e. The maximum absolute atomic E-state index is 12.9. The van der Waals surface area contributed by atoms with Crippen molar-refractivity contribution in [3.8, 4) is 0 Å². The van der Waals surface area contributed by atoms with E-state index in [0.717, 1.165) is 38.5 Å². The van der Waals surface area contributed by atoms with Gasteiger partial charge in [-0.1, -0.05) is 391 Å². The van der Waals surface area contributed by atoms with E-state index in [-0.39, 0.29) is 25.6 Å². The van der Waals surface area contributed by atoms with E-state index >= 15 is 0 Å². The molecule has 0 radical (unpaired) electrons. The van der Waals surface area contributed by atoms with Crippen molar-refractivity contribution in [2.24, 2.45) is 0 Å². The Balaban J connectivity index is 3.89. The summed E-state index contributed by atoms with van der Waals surface area (Å²) < 4.78 is 34.8. The first-order valence-corrected chi connectivity index (χ1v) is 41.6. The molecule has 0 aliphatic rings. The molecule has 0 aliphatic carbocycles. The van der Waals surface area contributed by atoms with E-state index < -0.39 is 26.5 Å². The number of esters is 2. The minimum atomic E-state index is -4.39. The maximum atomic E-state index is 12.9. The lowest BCUT2D eigenvalue weighted by atomic mass is 10.0. The lowest BCUT2D eigenvalue weighted by molar-refractivity contribution is -0.870. The SMILES string of the molecule is CCCCCCC/C=C\C/C=C\CCCCCCCCCCCCCCCCCCCC(=O)OC(COC(=O)CCCCCCCCCCCCCCCCCCCCCCCCCCCCCCCCCCCCCCC)COP(=O)(O)OCC[N+](C)(C)C. The lowest BCUT2D eigenvalue weighted by Crippen LogP contribution is -2.37. The molecule has 0 fully saturated rings. The molecule has 0 spiro atoms. The first-order chi connectivity index (χ1) is 44.0. The van der Waals surface area contributed by atoms with Crippen LogP contribution in [0.1, 0.15) is 425 Å². The van der Waals surface area contributed by atoms with Crippen LogP contribution in [-0.2, 0) is 32.7 Å². The largest absolute Gasteiger partial charge is 0.472 e. The Kier molecular flexibility index (Phi) is 70.6. The van der Waals surface area contributed by atoms with Crippen LogP contribution in [0, 0.1) is 0 Å². The van der Waals surface area contributed by atoms with Gasteiger partial charge in [0.2, 0.25) is 0 Å². The van der Waals surface area contributed by atoms with Crippen molar-refractivity contribution in [2.45, 2.75) is 431 Å². The Morgan fingerprint density at radius 3 is 0.878 bits per heavy atom. The predicted octanol–water partition coefficient (Wildman–Crippen LogP) is 26.4. The highest BCUT2D eigenvalue weighted by molar-refractivity contribution is 7.47.